The van der Waals surface area contributed by atoms with E-state index in [1.165, 1.54) is 10.2 Å². The Morgan fingerprint density at radius 1 is 1.14 bits per heavy atom. The summed E-state index contributed by atoms with van der Waals surface area (Å²) in [7, 11) is -1.65. The van der Waals surface area contributed by atoms with Gasteiger partial charge in [-0.05, 0) is 62.3 Å². The van der Waals surface area contributed by atoms with E-state index in [0.717, 1.165) is 25.9 Å². The molecule has 4 nitrogen and oxygen atoms in total. The van der Waals surface area contributed by atoms with Crippen molar-refractivity contribution in [2.45, 2.75) is 30.2 Å². The number of nitrogens with zero attached hydrogens (tertiary/aromatic N) is 1. The second-order valence-corrected chi connectivity index (χ2v) is 8.58. The molecule has 148 valence electrons. The van der Waals surface area contributed by atoms with Crippen molar-refractivity contribution >= 4 is 39.2 Å². The topological polar surface area (TPSA) is 46.1 Å². The molecule has 0 radical (unpaired) electrons. The number of hydrogen-bond acceptors (Lipinski definition) is 3. The lowest BCUT2D eigenvalue weighted by Gasteiger charge is -2.25. The minimum Gasteiger partial charge on any atom is -0.382 e. The van der Waals surface area contributed by atoms with E-state index in [4.69, 9.17) is 11.6 Å². The van der Waals surface area contributed by atoms with Crippen molar-refractivity contribution in [1.29, 1.82) is 0 Å². The highest BCUT2D eigenvalue weighted by molar-refractivity contribution is 7.83. The number of piperidine rings is 1. The molecule has 3 aromatic rings. The highest BCUT2D eigenvalue weighted by atomic mass is 35.5. The summed E-state index contributed by atoms with van der Waals surface area (Å²) in [5.74, 6) is 0. The van der Waals surface area contributed by atoms with Crippen LogP contribution < -0.4 is 10.6 Å². The van der Waals surface area contributed by atoms with Crippen LogP contribution in [0, 0.1) is 0 Å². The lowest BCUT2D eigenvalue weighted by Crippen LogP contribution is -2.35. The fourth-order valence-corrected chi connectivity index (χ4v) is 4.82. The van der Waals surface area contributed by atoms with Crippen molar-refractivity contribution < 1.29 is 13.0 Å². The third-order valence-corrected chi connectivity index (χ3v) is 6.54. The predicted molar refractivity (Wildman–Crippen MR) is 110 cm³/mol. The Morgan fingerprint density at radius 2 is 1.86 bits per heavy atom. The van der Waals surface area contributed by atoms with Gasteiger partial charge in [-0.2, -0.15) is 0 Å². The highest BCUT2D eigenvalue weighted by Crippen LogP contribution is 2.36. The van der Waals surface area contributed by atoms with Crippen LogP contribution >= 0.6 is 11.6 Å². The number of anilines is 1. The molecule has 2 aromatic carbocycles. The molecule has 0 amide bonds. The molecule has 4 rings (SSSR count). The summed E-state index contributed by atoms with van der Waals surface area (Å²) >= 11 is 5.90. The van der Waals surface area contributed by atoms with E-state index >= 15 is 0 Å². The number of fused-ring (bicyclic) bond motifs is 1. The summed E-state index contributed by atoms with van der Waals surface area (Å²) in [6.45, 7) is 1.80. The maximum Gasteiger partial charge on any atom is 0.266 e. The molecular formula is C20H20ClF2N3OS. The number of alkyl halides is 2. The molecule has 0 spiro atoms. The van der Waals surface area contributed by atoms with Crippen LogP contribution in [-0.2, 0) is 11.0 Å². The Labute approximate surface area is 169 Å². The first-order valence-corrected chi connectivity index (χ1v) is 10.6. The summed E-state index contributed by atoms with van der Waals surface area (Å²) in [5, 5.41) is 7.67. The number of hydrogen-bond donors (Lipinski definition) is 2. The standard InChI is InChI=1S/C20H20ClF2N3OS/c21-13-4-6-15(7-5-13)28(27)26-12-16(20(22)23)19-17(2-1-3-18(19)26)25-14-8-10-24-11-9-14/h1-7,12,14,20,24-25H,8-11H2. The molecule has 1 aliphatic rings. The minimum atomic E-state index is -2.66. The third-order valence-electron chi connectivity index (χ3n) is 4.95. The normalized spacial score (nSPS) is 16.6. The minimum absolute atomic E-state index is 0.116. The van der Waals surface area contributed by atoms with Crippen molar-refractivity contribution in [1.82, 2.24) is 9.29 Å². The van der Waals surface area contributed by atoms with E-state index in [1.807, 2.05) is 6.07 Å². The average molecular weight is 424 g/mol. The summed E-state index contributed by atoms with van der Waals surface area (Å²) in [6, 6.07) is 12.1. The number of aromatic nitrogens is 1. The zero-order valence-corrected chi connectivity index (χ0v) is 16.6. The van der Waals surface area contributed by atoms with Crippen molar-refractivity contribution in [3.05, 3.63) is 59.2 Å². The van der Waals surface area contributed by atoms with Gasteiger partial charge in [0.05, 0.1) is 10.4 Å². The second-order valence-electron chi connectivity index (χ2n) is 6.78. The fourth-order valence-electron chi connectivity index (χ4n) is 3.56. The summed E-state index contributed by atoms with van der Waals surface area (Å²) in [6.07, 6.45) is 0.491. The molecule has 2 heterocycles. The van der Waals surface area contributed by atoms with Gasteiger partial charge in [0, 0.05) is 33.9 Å². The molecule has 28 heavy (non-hydrogen) atoms. The van der Waals surface area contributed by atoms with Crippen molar-refractivity contribution in [3.63, 3.8) is 0 Å². The first-order chi connectivity index (χ1) is 13.5. The Bertz CT molecular complexity index is 1000. The van der Waals surface area contributed by atoms with Gasteiger partial charge >= 0.3 is 0 Å². The van der Waals surface area contributed by atoms with Crippen LogP contribution in [0.2, 0.25) is 5.02 Å². The molecule has 0 saturated carbocycles. The Balaban J connectivity index is 1.79. The van der Waals surface area contributed by atoms with Crippen LogP contribution in [0.1, 0.15) is 24.8 Å². The zero-order chi connectivity index (χ0) is 19.7. The molecule has 0 aliphatic carbocycles. The summed E-state index contributed by atoms with van der Waals surface area (Å²) in [4.78, 5) is 0.499. The second kappa shape index (κ2) is 8.19. The first kappa shape index (κ1) is 19.4. The Morgan fingerprint density at radius 3 is 2.54 bits per heavy atom. The highest BCUT2D eigenvalue weighted by Gasteiger charge is 2.23. The van der Waals surface area contributed by atoms with Crippen molar-refractivity contribution in [2.24, 2.45) is 0 Å². The molecule has 1 saturated heterocycles. The molecule has 1 atom stereocenters. The molecule has 1 aromatic heterocycles. The number of rotatable bonds is 5. The number of nitrogens with one attached hydrogen (secondary N) is 2. The first-order valence-electron chi connectivity index (χ1n) is 9.12. The van der Waals surface area contributed by atoms with Gasteiger partial charge in [0.25, 0.3) is 6.43 Å². The van der Waals surface area contributed by atoms with Crippen LogP contribution in [0.25, 0.3) is 10.9 Å². The quantitative estimate of drug-likeness (QED) is 0.609. The van der Waals surface area contributed by atoms with Gasteiger partial charge in [0.15, 0.2) is 11.0 Å². The van der Waals surface area contributed by atoms with E-state index in [1.54, 1.807) is 36.4 Å². The van der Waals surface area contributed by atoms with Gasteiger partial charge in [-0.15, -0.1) is 0 Å². The van der Waals surface area contributed by atoms with E-state index in [-0.39, 0.29) is 11.6 Å². The predicted octanol–water partition coefficient (Wildman–Crippen LogP) is 4.97. The number of benzene rings is 2. The molecular weight excluding hydrogens is 404 g/mol. The molecule has 0 bridgehead atoms. The van der Waals surface area contributed by atoms with Gasteiger partial charge in [-0.25, -0.2) is 13.0 Å². The smallest absolute Gasteiger partial charge is 0.266 e. The average Bonchev–Trinajstić information content (AvgIpc) is 3.10. The summed E-state index contributed by atoms with van der Waals surface area (Å²) in [5.41, 5.74) is 1.06. The molecule has 2 N–H and O–H groups in total. The van der Waals surface area contributed by atoms with E-state index < -0.39 is 17.4 Å². The third kappa shape index (κ3) is 3.79. The van der Waals surface area contributed by atoms with Gasteiger partial charge in [-0.3, -0.25) is 3.97 Å². The van der Waals surface area contributed by atoms with Crippen LogP contribution in [0.4, 0.5) is 14.5 Å². The van der Waals surface area contributed by atoms with E-state index in [9.17, 15) is 13.0 Å². The largest absolute Gasteiger partial charge is 0.382 e. The maximum atomic E-state index is 13.8. The zero-order valence-electron chi connectivity index (χ0n) is 15.0. The molecule has 8 heteroatoms. The maximum absolute atomic E-state index is 13.8. The SMILES string of the molecule is O=S(c1ccc(Cl)cc1)n1cc(C(F)F)c2c(NC3CCNCC3)cccc21. The summed E-state index contributed by atoms with van der Waals surface area (Å²) < 4.78 is 42.1. The van der Waals surface area contributed by atoms with Gasteiger partial charge in [0.2, 0.25) is 0 Å². The Kier molecular flexibility index (Phi) is 5.66. The van der Waals surface area contributed by atoms with Crippen molar-refractivity contribution in [3.8, 4) is 0 Å². The van der Waals surface area contributed by atoms with E-state index in [2.05, 4.69) is 10.6 Å². The lowest BCUT2D eigenvalue weighted by atomic mass is 10.0. The van der Waals surface area contributed by atoms with Crippen LogP contribution in [0.5, 0.6) is 0 Å². The molecule has 1 aliphatic heterocycles. The van der Waals surface area contributed by atoms with Gasteiger partial charge in [0.1, 0.15) is 0 Å². The fraction of sp³-hybridized carbons (Fsp3) is 0.300. The number of halogens is 3. The van der Waals surface area contributed by atoms with Crippen LogP contribution in [0.15, 0.2) is 53.6 Å². The van der Waals surface area contributed by atoms with Crippen LogP contribution in [-0.4, -0.2) is 27.3 Å². The Hall–Kier alpha value is -1.96. The van der Waals surface area contributed by atoms with Crippen molar-refractivity contribution in [2.75, 3.05) is 18.4 Å². The van der Waals surface area contributed by atoms with Gasteiger partial charge in [-0.1, -0.05) is 17.7 Å². The van der Waals surface area contributed by atoms with Crippen LogP contribution in [0.3, 0.4) is 0 Å². The monoisotopic (exact) mass is 423 g/mol. The molecule has 1 unspecified atom stereocenters. The van der Waals surface area contributed by atoms with E-state index in [0.29, 0.717) is 26.5 Å². The van der Waals surface area contributed by atoms with Gasteiger partial charge < -0.3 is 10.6 Å². The molecule has 1 fully saturated rings. The lowest BCUT2D eigenvalue weighted by molar-refractivity contribution is 0.153.